The lowest BCUT2D eigenvalue weighted by Gasteiger charge is -2.11. The molecule has 0 saturated heterocycles. The van der Waals surface area contributed by atoms with Gasteiger partial charge in [-0.15, -0.1) is 11.3 Å². The van der Waals surface area contributed by atoms with E-state index in [1.54, 1.807) is 0 Å². The summed E-state index contributed by atoms with van der Waals surface area (Å²) in [4.78, 5) is 25.8. The molecule has 3 nitrogen and oxygen atoms in total. The summed E-state index contributed by atoms with van der Waals surface area (Å²) in [6, 6.07) is 7.68. The molecule has 1 aromatic carbocycles. The molecule has 2 rings (SSSR count). The normalized spacial score (nSPS) is 10.5. The zero-order valence-corrected chi connectivity index (χ0v) is 14.2. The second-order valence-electron chi connectivity index (χ2n) is 5.54. The first-order valence-electron chi connectivity index (χ1n) is 7.25. The molecular formula is C18H20O3S. The van der Waals surface area contributed by atoms with Gasteiger partial charge in [-0.3, -0.25) is 9.59 Å². The van der Waals surface area contributed by atoms with E-state index in [1.165, 1.54) is 11.3 Å². The van der Waals surface area contributed by atoms with Crippen molar-refractivity contribution in [2.75, 3.05) is 0 Å². The second-order valence-corrected chi connectivity index (χ2v) is 6.82. The molecule has 0 aliphatic carbocycles. The summed E-state index contributed by atoms with van der Waals surface area (Å²) in [5.41, 5.74) is 3.01. The molecule has 4 heteroatoms. The Balaban J connectivity index is 1.95. The molecule has 116 valence electrons. The minimum atomic E-state index is -0.364. The van der Waals surface area contributed by atoms with E-state index in [0.717, 1.165) is 21.6 Å². The largest absolute Gasteiger partial charge is 0.426 e. The van der Waals surface area contributed by atoms with Crippen molar-refractivity contribution in [2.45, 2.75) is 40.5 Å². The number of benzene rings is 1. The number of carbonyl (C=O) groups excluding carboxylic acids is 2. The van der Waals surface area contributed by atoms with Crippen LogP contribution in [0.4, 0.5) is 0 Å². The molecule has 1 aromatic heterocycles. The van der Waals surface area contributed by atoms with Gasteiger partial charge in [0.05, 0.1) is 11.3 Å². The first-order valence-corrected chi connectivity index (χ1v) is 8.06. The minimum absolute atomic E-state index is 0.00704. The maximum absolute atomic E-state index is 12.0. The fourth-order valence-corrected chi connectivity index (χ4v) is 3.25. The van der Waals surface area contributed by atoms with Crippen molar-refractivity contribution < 1.29 is 14.3 Å². The summed E-state index contributed by atoms with van der Waals surface area (Å²) < 4.78 is 5.43. The minimum Gasteiger partial charge on any atom is -0.426 e. The molecule has 0 spiro atoms. The highest BCUT2D eigenvalue weighted by Gasteiger charge is 2.14. The van der Waals surface area contributed by atoms with E-state index >= 15 is 0 Å². The highest BCUT2D eigenvalue weighted by atomic mass is 32.1. The highest BCUT2D eigenvalue weighted by molar-refractivity contribution is 7.14. The van der Waals surface area contributed by atoms with Crippen molar-refractivity contribution in [3.05, 3.63) is 50.7 Å². The molecule has 0 atom stereocenters. The second kappa shape index (κ2) is 6.88. The third-order valence-corrected chi connectivity index (χ3v) is 4.43. The van der Waals surface area contributed by atoms with Gasteiger partial charge in [0.1, 0.15) is 5.75 Å². The van der Waals surface area contributed by atoms with Crippen LogP contribution in [0.3, 0.4) is 0 Å². The van der Waals surface area contributed by atoms with Crippen LogP contribution >= 0.6 is 11.3 Å². The molecule has 0 N–H and O–H groups in total. The van der Waals surface area contributed by atoms with Crippen LogP contribution in [0.5, 0.6) is 5.75 Å². The predicted octanol–water partition coefficient (Wildman–Crippen LogP) is 4.55. The Morgan fingerprint density at radius 1 is 1.00 bits per heavy atom. The SMILES string of the molecule is Cc1cc(C)c(OC(=O)CCC(=O)c2ccc(C)s2)c(C)c1. The molecular weight excluding hydrogens is 296 g/mol. The molecule has 0 fully saturated rings. The summed E-state index contributed by atoms with van der Waals surface area (Å²) in [5.74, 6) is 0.235. The van der Waals surface area contributed by atoms with Gasteiger partial charge in [0.15, 0.2) is 5.78 Å². The van der Waals surface area contributed by atoms with Crippen molar-refractivity contribution >= 4 is 23.1 Å². The summed E-state index contributed by atoms with van der Waals surface area (Å²) in [6.45, 7) is 7.80. The summed E-state index contributed by atoms with van der Waals surface area (Å²) in [6.07, 6.45) is 0.283. The van der Waals surface area contributed by atoms with E-state index in [0.29, 0.717) is 10.6 Å². The number of hydrogen-bond acceptors (Lipinski definition) is 4. The number of carbonyl (C=O) groups is 2. The van der Waals surface area contributed by atoms with Gasteiger partial charge < -0.3 is 4.74 Å². The summed E-state index contributed by atoms with van der Waals surface area (Å²) in [7, 11) is 0. The average molecular weight is 316 g/mol. The van der Waals surface area contributed by atoms with E-state index in [1.807, 2.05) is 52.0 Å². The quantitative estimate of drug-likeness (QED) is 0.462. The molecule has 1 heterocycles. The molecule has 0 amide bonds. The number of hydrogen-bond donors (Lipinski definition) is 0. The fourth-order valence-electron chi connectivity index (χ4n) is 2.42. The van der Waals surface area contributed by atoms with Crippen molar-refractivity contribution in [2.24, 2.45) is 0 Å². The maximum atomic E-state index is 12.0. The molecule has 0 aliphatic rings. The predicted molar refractivity (Wildman–Crippen MR) is 88.9 cm³/mol. The van der Waals surface area contributed by atoms with Gasteiger partial charge >= 0.3 is 5.97 Å². The van der Waals surface area contributed by atoms with Crippen molar-refractivity contribution in [1.29, 1.82) is 0 Å². The third kappa shape index (κ3) is 4.04. The van der Waals surface area contributed by atoms with E-state index in [-0.39, 0.29) is 24.6 Å². The Kier molecular flexibility index (Phi) is 5.14. The number of aryl methyl sites for hydroxylation is 4. The number of ketones is 1. The lowest BCUT2D eigenvalue weighted by atomic mass is 10.1. The first-order chi connectivity index (χ1) is 10.4. The van der Waals surface area contributed by atoms with Gasteiger partial charge in [-0.2, -0.15) is 0 Å². The maximum Gasteiger partial charge on any atom is 0.311 e. The molecule has 0 radical (unpaired) electrons. The van der Waals surface area contributed by atoms with Gasteiger partial charge in [0.2, 0.25) is 0 Å². The van der Waals surface area contributed by atoms with E-state index < -0.39 is 0 Å². The zero-order chi connectivity index (χ0) is 16.3. The Bertz CT molecular complexity index is 690. The van der Waals surface area contributed by atoms with Gasteiger partial charge in [-0.1, -0.05) is 17.7 Å². The molecule has 0 bridgehead atoms. The van der Waals surface area contributed by atoms with Gasteiger partial charge in [-0.25, -0.2) is 0 Å². The average Bonchev–Trinajstić information content (AvgIpc) is 2.87. The zero-order valence-electron chi connectivity index (χ0n) is 13.4. The fraction of sp³-hybridized carbons (Fsp3) is 0.333. The summed E-state index contributed by atoms with van der Waals surface area (Å²) in [5, 5.41) is 0. The van der Waals surface area contributed by atoms with Gasteiger partial charge in [0, 0.05) is 11.3 Å². The summed E-state index contributed by atoms with van der Waals surface area (Å²) >= 11 is 1.46. The number of esters is 1. The van der Waals surface area contributed by atoms with Crippen LogP contribution in [-0.2, 0) is 4.79 Å². The first kappa shape index (κ1) is 16.4. The Morgan fingerprint density at radius 2 is 1.64 bits per heavy atom. The molecule has 22 heavy (non-hydrogen) atoms. The van der Waals surface area contributed by atoms with Crippen molar-refractivity contribution in [3.8, 4) is 5.75 Å². The van der Waals surface area contributed by atoms with Crippen LogP contribution < -0.4 is 4.74 Å². The number of rotatable bonds is 5. The monoisotopic (exact) mass is 316 g/mol. The van der Waals surface area contributed by atoms with E-state index in [2.05, 4.69) is 0 Å². The van der Waals surface area contributed by atoms with Gasteiger partial charge in [-0.05, 0) is 51.0 Å². The Morgan fingerprint density at radius 3 is 2.18 bits per heavy atom. The standard InChI is InChI=1S/C18H20O3S/c1-11-9-12(2)18(13(3)10-11)21-17(20)8-6-15(19)16-7-5-14(4)22-16/h5,7,9-10H,6,8H2,1-4H3. The Labute approximate surface area is 134 Å². The van der Waals surface area contributed by atoms with Crippen molar-refractivity contribution in [1.82, 2.24) is 0 Å². The topological polar surface area (TPSA) is 43.4 Å². The van der Waals surface area contributed by atoms with Crippen LogP contribution in [0.15, 0.2) is 24.3 Å². The smallest absolute Gasteiger partial charge is 0.311 e. The van der Waals surface area contributed by atoms with E-state index in [9.17, 15) is 9.59 Å². The van der Waals surface area contributed by atoms with Crippen LogP contribution in [0.2, 0.25) is 0 Å². The lowest BCUT2D eigenvalue weighted by molar-refractivity contribution is -0.134. The van der Waals surface area contributed by atoms with Gasteiger partial charge in [0.25, 0.3) is 0 Å². The van der Waals surface area contributed by atoms with Crippen LogP contribution in [-0.4, -0.2) is 11.8 Å². The van der Waals surface area contributed by atoms with E-state index in [4.69, 9.17) is 4.74 Å². The number of Topliss-reactive ketones (excluding diaryl/α,β-unsaturated/α-hetero) is 1. The molecule has 0 saturated carbocycles. The highest BCUT2D eigenvalue weighted by Crippen LogP contribution is 2.25. The third-order valence-electron chi connectivity index (χ3n) is 3.39. The number of thiophene rings is 1. The molecule has 2 aromatic rings. The lowest BCUT2D eigenvalue weighted by Crippen LogP contribution is -2.12. The van der Waals surface area contributed by atoms with Crippen LogP contribution in [0, 0.1) is 27.7 Å². The number of ether oxygens (including phenoxy) is 1. The molecule has 0 aliphatic heterocycles. The van der Waals surface area contributed by atoms with Crippen LogP contribution in [0.25, 0.3) is 0 Å². The molecule has 0 unspecified atom stereocenters. The van der Waals surface area contributed by atoms with Crippen molar-refractivity contribution in [3.63, 3.8) is 0 Å². The van der Waals surface area contributed by atoms with Crippen LogP contribution in [0.1, 0.15) is 44.1 Å². The Hall–Kier alpha value is -1.94.